The topological polar surface area (TPSA) is 74.3 Å². The largest absolute Gasteiger partial charge is 0.467 e. The molecule has 0 saturated carbocycles. The third-order valence-corrected chi connectivity index (χ3v) is 3.32. The molecule has 0 fully saturated rings. The van der Waals surface area contributed by atoms with E-state index in [1.807, 2.05) is 30.3 Å². The zero-order valence-electron chi connectivity index (χ0n) is 13.9. The summed E-state index contributed by atoms with van der Waals surface area (Å²) in [7, 11) is 4.16. The van der Waals surface area contributed by atoms with Crippen molar-refractivity contribution in [3.63, 3.8) is 0 Å². The standard InChI is InChI=1S/C16H23NO6/c1-12(15(18)22-4)17(10-14(20-2)21-3)16(19)23-11-13-8-6-5-7-9-13/h5-9,12,14H,10-11H2,1-4H3. The Bertz CT molecular complexity index is 489. The summed E-state index contributed by atoms with van der Waals surface area (Å²) < 4.78 is 20.1. The van der Waals surface area contributed by atoms with Crippen LogP contribution in [0.25, 0.3) is 0 Å². The SMILES string of the molecule is COC(=O)C(C)N(CC(OC)OC)C(=O)OCc1ccccc1. The summed E-state index contributed by atoms with van der Waals surface area (Å²) in [6.45, 7) is 1.70. The summed E-state index contributed by atoms with van der Waals surface area (Å²) >= 11 is 0. The van der Waals surface area contributed by atoms with Crippen LogP contribution in [0.5, 0.6) is 0 Å². The van der Waals surface area contributed by atoms with Crippen molar-refractivity contribution < 1.29 is 28.5 Å². The minimum absolute atomic E-state index is 0.0386. The van der Waals surface area contributed by atoms with Gasteiger partial charge in [-0.05, 0) is 12.5 Å². The molecule has 0 bridgehead atoms. The van der Waals surface area contributed by atoms with Gasteiger partial charge in [-0.15, -0.1) is 0 Å². The fourth-order valence-electron chi connectivity index (χ4n) is 1.90. The van der Waals surface area contributed by atoms with Crippen molar-refractivity contribution in [2.24, 2.45) is 0 Å². The number of hydrogen-bond acceptors (Lipinski definition) is 6. The third kappa shape index (κ3) is 5.88. The van der Waals surface area contributed by atoms with E-state index in [9.17, 15) is 9.59 Å². The predicted octanol–water partition coefficient (Wildman–Crippen LogP) is 1.81. The summed E-state index contributed by atoms with van der Waals surface area (Å²) in [6.07, 6.45) is -1.32. The van der Waals surface area contributed by atoms with E-state index in [0.717, 1.165) is 5.56 Å². The Hall–Kier alpha value is -2.12. The Morgan fingerprint density at radius 1 is 1.09 bits per heavy atom. The maximum absolute atomic E-state index is 12.3. The van der Waals surface area contributed by atoms with Gasteiger partial charge in [-0.3, -0.25) is 4.90 Å². The fraction of sp³-hybridized carbons (Fsp3) is 0.500. The van der Waals surface area contributed by atoms with Crippen molar-refractivity contribution in [1.29, 1.82) is 0 Å². The van der Waals surface area contributed by atoms with Crippen molar-refractivity contribution in [3.8, 4) is 0 Å². The minimum Gasteiger partial charge on any atom is -0.467 e. The lowest BCUT2D eigenvalue weighted by atomic mass is 10.2. The zero-order chi connectivity index (χ0) is 17.2. The van der Waals surface area contributed by atoms with Gasteiger partial charge < -0.3 is 18.9 Å². The number of rotatable bonds is 8. The van der Waals surface area contributed by atoms with Crippen LogP contribution < -0.4 is 0 Å². The minimum atomic E-state index is -0.823. The lowest BCUT2D eigenvalue weighted by molar-refractivity contribution is -0.150. The summed E-state index contributed by atoms with van der Waals surface area (Å²) in [5, 5.41) is 0. The molecular weight excluding hydrogens is 302 g/mol. The molecule has 1 unspecified atom stereocenters. The van der Waals surface area contributed by atoms with Crippen LogP contribution in [0.1, 0.15) is 12.5 Å². The molecule has 7 nitrogen and oxygen atoms in total. The molecule has 0 aliphatic rings. The zero-order valence-corrected chi connectivity index (χ0v) is 13.9. The number of hydrogen-bond donors (Lipinski definition) is 0. The monoisotopic (exact) mass is 325 g/mol. The normalized spacial score (nSPS) is 11.9. The van der Waals surface area contributed by atoms with Gasteiger partial charge in [-0.1, -0.05) is 30.3 Å². The molecule has 1 aromatic carbocycles. The van der Waals surface area contributed by atoms with Gasteiger partial charge in [0.2, 0.25) is 0 Å². The van der Waals surface area contributed by atoms with E-state index in [2.05, 4.69) is 4.74 Å². The smallest absolute Gasteiger partial charge is 0.411 e. The van der Waals surface area contributed by atoms with E-state index in [4.69, 9.17) is 14.2 Å². The van der Waals surface area contributed by atoms with Gasteiger partial charge in [-0.2, -0.15) is 0 Å². The first-order valence-corrected chi connectivity index (χ1v) is 7.14. The van der Waals surface area contributed by atoms with Crippen molar-refractivity contribution in [2.45, 2.75) is 25.9 Å². The second-order valence-electron chi connectivity index (χ2n) is 4.79. The van der Waals surface area contributed by atoms with Gasteiger partial charge in [-0.25, -0.2) is 9.59 Å². The summed E-state index contributed by atoms with van der Waals surface area (Å²) in [5.41, 5.74) is 0.849. The van der Waals surface area contributed by atoms with Gasteiger partial charge in [0.15, 0.2) is 6.29 Å². The van der Waals surface area contributed by atoms with Crippen LogP contribution in [-0.2, 0) is 30.3 Å². The number of ether oxygens (including phenoxy) is 4. The molecule has 0 radical (unpaired) electrons. The highest BCUT2D eigenvalue weighted by Crippen LogP contribution is 2.10. The molecule has 128 valence electrons. The van der Waals surface area contributed by atoms with Crippen molar-refractivity contribution in [3.05, 3.63) is 35.9 Å². The van der Waals surface area contributed by atoms with E-state index >= 15 is 0 Å². The van der Waals surface area contributed by atoms with Crippen LogP contribution in [0.2, 0.25) is 0 Å². The van der Waals surface area contributed by atoms with Gasteiger partial charge >= 0.3 is 12.1 Å². The Labute approximate surface area is 136 Å². The molecule has 1 aromatic rings. The van der Waals surface area contributed by atoms with E-state index in [1.54, 1.807) is 6.92 Å². The van der Waals surface area contributed by atoms with Gasteiger partial charge in [0, 0.05) is 14.2 Å². The number of esters is 1. The molecular formula is C16H23NO6. The number of benzene rings is 1. The van der Waals surface area contributed by atoms with E-state index in [-0.39, 0.29) is 13.2 Å². The number of carbonyl (C=O) groups is 2. The lowest BCUT2D eigenvalue weighted by Crippen LogP contribution is -2.48. The van der Waals surface area contributed by atoms with Crippen LogP contribution in [0.15, 0.2) is 30.3 Å². The molecule has 1 atom stereocenters. The highest BCUT2D eigenvalue weighted by molar-refractivity contribution is 5.81. The summed E-state index contributed by atoms with van der Waals surface area (Å²) in [6, 6.07) is 8.44. The van der Waals surface area contributed by atoms with Crippen molar-refractivity contribution in [2.75, 3.05) is 27.9 Å². The average Bonchev–Trinajstić information content (AvgIpc) is 2.60. The van der Waals surface area contributed by atoms with Crippen LogP contribution in [0.4, 0.5) is 4.79 Å². The van der Waals surface area contributed by atoms with Crippen molar-refractivity contribution in [1.82, 2.24) is 4.90 Å². The molecule has 0 spiro atoms. The molecule has 1 rings (SSSR count). The number of amides is 1. The van der Waals surface area contributed by atoms with E-state index in [1.165, 1.54) is 26.2 Å². The third-order valence-electron chi connectivity index (χ3n) is 3.32. The maximum atomic E-state index is 12.3. The fourth-order valence-corrected chi connectivity index (χ4v) is 1.90. The van der Waals surface area contributed by atoms with Crippen LogP contribution in [-0.4, -0.2) is 57.2 Å². The average molecular weight is 325 g/mol. The first kappa shape index (κ1) is 18.9. The molecule has 23 heavy (non-hydrogen) atoms. The first-order valence-electron chi connectivity index (χ1n) is 7.14. The molecule has 0 heterocycles. The molecule has 0 saturated heterocycles. The van der Waals surface area contributed by atoms with Gasteiger partial charge in [0.25, 0.3) is 0 Å². The summed E-state index contributed by atoms with van der Waals surface area (Å²) in [5.74, 6) is -0.549. The van der Waals surface area contributed by atoms with Crippen molar-refractivity contribution >= 4 is 12.1 Å². The maximum Gasteiger partial charge on any atom is 0.411 e. The number of nitrogens with zero attached hydrogens (tertiary/aromatic N) is 1. The van der Waals surface area contributed by atoms with Crippen LogP contribution in [0.3, 0.4) is 0 Å². The van der Waals surface area contributed by atoms with Gasteiger partial charge in [0.05, 0.1) is 13.7 Å². The number of carbonyl (C=O) groups excluding carboxylic acids is 2. The van der Waals surface area contributed by atoms with E-state index in [0.29, 0.717) is 0 Å². The Kier molecular flexibility index (Phi) is 8.07. The molecule has 1 amide bonds. The lowest BCUT2D eigenvalue weighted by Gasteiger charge is -2.29. The second-order valence-corrected chi connectivity index (χ2v) is 4.79. The first-order chi connectivity index (χ1) is 11.0. The highest BCUT2D eigenvalue weighted by atomic mass is 16.7. The Morgan fingerprint density at radius 3 is 2.22 bits per heavy atom. The predicted molar refractivity (Wildman–Crippen MR) is 82.6 cm³/mol. The van der Waals surface area contributed by atoms with E-state index < -0.39 is 24.4 Å². The number of methoxy groups -OCH3 is 3. The molecule has 0 aliphatic heterocycles. The molecule has 0 aromatic heterocycles. The molecule has 0 aliphatic carbocycles. The summed E-state index contributed by atoms with van der Waals surface area (Å²) in [4.78, 5) is 25.3. The van der Waals surface area contributed by atoms with Crippen LogP contribution >= 0.6 is 0 Å². The molecule has 7 heteroatoms. The quantitative estimate of drug-likeness (QED) is 0.536. The molecule has 0 N–H and O–H groups in total. The van der Waals surface area contributed by atoms with Gasteiger partial charge in [0.1, 0.15) is 12.6 Å². The Morgan fingerprint density at radius 2 is 1.70 bits per heavy atom. The highest BCUT2D eigenvalue weighted by Gasteiger charge is 2.30. The Balaban J connectivity index is 2.76. The second kappa shape index (κ2) is 9.81. The van der Waals surface area contributed by atoms with Crippen LogP contribution in [0, 0.1) is 0 Å².